The number of ether oxygens (including phenoxy) is 1. The van der Waals surface area contributed by atoms with Crippen molar-refractivity contribution in [3.63, 3.8) is 0 Å². The summed E-state index contributed by atoms with van der Waals surface area (Å²) in [4.78, 5) is 54.3. The number of hydrogen-bond donors (Lipinski definition) is 2. The lowest BCUT2D eigenvalue weighted by Crippen LogP contribution is -2.21. The van der Waals surface area contributed by atoms with Crippen LogP contribution in [0.5, 0.6) is 0 Å². The Morgan fingerprint density at radius 3 is 2.70 bits per heavy atom. The van der Waals surface area contributed by atoms with E-state index in [1.165, 1.54) is 6.92 Å². The molecule has 0 bridgehead atoms. The van der Waals surface area contributed by atoms with Crippen molar-refractivity contribution in [3.8, 4) is 0 Å². The van der Waals surface area contributed by atoms with Gasteiger partial charge in [0, 0.05) is 24.1 Å². The van der Waals surface area contributed by atoms with E-state index in [0.29, 0.717) is 40.8 Å². The molecule has 0 aliphatic rings. The number of carbonyl (C=O) groups excluding carboxylic acids is 3. The van der Waals surface area contributed by atoms with E-state index in [2.05, 4.69) is 15.3 Å². The molecule has 30 heavy (non-hydrogen) atoms. The highest BCUT2D eigenvalue weighted by Crippen LogP contribution is 2.11. The molecule has 0 atom stereocenters. The van der Waals surface area contributed by atoms with E-state index in [9.17, 15) is 19.2 Å². The first-order valence-electron chi connectivity index (χ1n) is 9.47. The summed E-state index contributed by atoms with van der Waals surface area (Å²) in [7, 11) is 0. The third kappa shape index (κ3) is 5.60. The smallest absolute Gasteiger partial charge is 0.306 e. The molecule has 0 aliphatic carbocycles. The van der Waals surface area contributed by atoms with Crippen LogP contribution in [0.4, 0.5) is 5.69 Å². The number of para-hydroxylation sites is 1. The number of anilines is 1. The van der Waals surface area contributed by atoms with Crippen LogP contribution in [0, 0.1) is 0 Å². The number of hydrogen-bond acceptors (Lipinski definition) is 6. The first-order chi connectivity index (χ1) is 14.4. The van der Waals surface area contributed by atoms with Crippen molar-refractivity contribution < 1.29 is 19.1 Å². The van der Waals surface area contributed by atoms with E-state index in [1.807, 2.05) is 0 Å². The van der Waals surface area contributed by atoms with Crippen molar-refractivity contribution in [2.24, 2.45) is 0 Å². The Balaban J connectivity index is 1.44. The summed E-state index contributed by atoms with van der Waals surface area (Å²) in [5.74, 6) is -0.635. The van der Waals surface area contributed by atoms with Gasteiger partial charge >= 0.3 is 5.97 Å². The van der Waals surface area contributed by atoms with Gasteiger partial charge in [-0.15, -0.1) is 0 Å². The Kier molecular flexibility index (Phi) is 6.69. The number of amides is 1. The van der Waals surface area contributed by atoms with Crippen LogP contribution < -0.4 is 10.9 Å². The highest BCUT2D eigenvalue weighted by molar-refractivity contribution is 5.97. The Labute approximate surface area is 172 Å². The normalized spacial score (nSPS) is 10.6. The van der Waals surface area contributed by atoms with Crippen LogP contribution in [0.3, 0.4) is 0 Å². The molecule has 1 heterocycles. The number of Topliss-reactive ketones (excluding diaryl/α,β-unsaturated/α-hetero) is 1. The van der Waals surface area contributed by atoms with E-state index < -0.39 is 18.5 Å². The minimum absolute atomic E-state index is 0.0869. The zero-order chi connectivity index (χ0) is 21.5. The number of aromatic amines is 1. The molecular weight excluding hydrogens is 386 g/mol. The number of carbonyl (C=O) groups is 3. The van der Waals surface area contributed by atoms with E-state index in [4.69, 9.17) is 4.74 Å². The molecule has 8 heteroatoms. The first kappa shape index (κ1) is 20.9. The molecule has 0 aliphatic heterocycles. The van der Waals surface area contributed by atoms with Gasteiger partial charge in [-0.05, 0) is 37.6 Å². The van der Waals surface area contributed by atoms with Gasteiger partial charge in [0.2, 0.25) is 0 Å². The molecular formula is C22H21N3O5. The topological polar surface area (TPSA) is 118 Å². The maximum Gasteiger partial charge on any atom is 0.306 e. The van der Waals surface area contributed by atoms with Crippen molar-refractivity contribution in [3.05, 3.63) is 70.3 Å². The molecule has 0 unspecified atom stereocenters. The predicted octanol–water partition coefficient (Wildman–Crippen LogP) is 2.63. The number of aryl methyl sites for hydroxylation is 1. The fourth-order valence-corrected chi connectivity index (χ4v) is 2.88. The lowest BCUT2D eigenvalue weighted by atomic mass is 10.1. The SMILES string of the molecule is CC(=O)c1cccc(NC(=O)COC(=O)CCCc2nc3ccccc3c(=O)[nH]2)c1. The summed E-state index contributed by atoms with van der Waals surface area (Å²) in [6, 6.07) is 13.5. The number of nitrogens with zero attached hydrogens (tertiary/aromatic N) is 1. The minimum Gasteiger partial charge on any atom is -0.456 e. The van der Waals surface area contributed by atoms with Gasteiger partial charge in [-0.2, -0.15) is 0 Å². The number of rotatable bonds is 8. The molecule has 2 aromatic carbocycles. The number of benzene rings is 2. The average Bonchev–Trinajstić information content (AvgIpc) is 2.72. The molecule has 0 spiro atoms. The maximum atomic E-state index is 12.0. The lowest BCUT2D eigenvalue weighted by Gasteiger charge is -2.07. The molecule has 2 N–H and O–H groups in total. The van der Waals surface area contributed by atoms with Gasteiger partial charge in [0.15, 0.2) is 12.4 Å². The standard InChI is InChI=1S/C22H21N3O5/c1-14(26)15-6-4-7-16(12-15)23-20(27)13-30-21(28)11-5-10-19-24-18-9-3-2-8-17(18)22(29)25-19/h2-4,6-9,12H,5,10-11,13H2,1H3,(H,23,27)(H,24,25,29). The van der Waals surface area contributed by atoms with Gasteiger partial charge in [0.25, 0.3) is 11.5 Å². The fraction of sp³-hybridized carbons (Fsp3) is 0.227. The Morgan fingerprint density at radius 2 is 1.90 bits per heavy atom. The van der Waals surface area contributed by atoms with E-state index in [0.717, 1.165) is 0 Å². The van der Waals surface area contributed by atoms with Gasteiger partial charge in [-0.1, -0.05) is 24.3 Å². The fourth-order valence-electron chi connectivity index (χ4n) is 2.88. The van der Waals surface area contributed by atoms with Crippen molar-refractivity contribution in [1.29, 1.82) is 0 Å². The van der Waals surface area contributed by atoms with Crippen LogP contribution in [0.25, 0.3) is 10.9 Å². The lowest BCUT2D eigenvalue weighted by molar-refractivity contribution is -0.147. The summed E-state index contributed by atoms with van der Waals surface area (Å²) in [6.07, 6.45) is 0.908. The summed E-state index contributed by atoms with van der Waals surface area (Å²) < 4.78 is 4.98. The van der Waals surface area contributed by atoms with Crippen LogP contribution in [-0.2, 0) is 20.7 Å². The molecule has 0 saturated heterocycles. The number of ketones is 1. The van der Waals surface area contributed by atoms with Crippen molar-refractivity contribution >= 4 is 34.3 Å². The molecule has 8 nitrogen and oxygen atoms in total. The van der Waals surface area contributed by atoms with Crippen molar-refractivity contribution in [2.75, 3.05) is 11.9 Å². The summed E-state index contributed by atoms with van der Waals surface area (Å²) in [5, 5.41) is 3.09. The second-order valence-electron chi connectivity index (χ2n) is 6.73. The molecule has 1 aromatic heterocycles. The van der Waals surface area contributed by atoms with Gasteiger partial charge in [-0.3, -0.25) is 19.2 Å². The minimum atomic E-state index is -0.522. The third-order valence-electron chi connectivity index (χ3n) is 4.37. The predicted molar refractivity (Wildman–Crippen MR) is 111 cm³/mol. The highest BCUT2D eigenvalue weighted by atomic mass is 16.5. The largest absolute Gasteiger partial charge is 0.456 e. The highest BCUT2D eigenvalue weighted by Gasteiger charge is 2.10. The molecule has 3 aromatic rings. The van der Waals surface area contributed by atoms with Crippen molar-refractivity contribution in [1.82, 2.24) is 9.97 Å². The van der Waals surface area contributed by atoms with Crippen LogP contribution >= 0.6 is 0 Å². The van der Waals surface area contributed by atoms with Gasteiger partial charge in [-0.25, -0.2) is 4.98 Å². The third-order valence-corrected chi connectivity index (χ3v) is 4.37. The summed E-state index contributed by atoms with van der Waals surface area (Å²) in [5.41, 5.74) is 1.31. The van der Waals surface area contributed by atoms with Crippen molar-refractivity contribution in [2.45, 2.75) is 26.2 Å². The van der Waals surface area contributed by atoms with Crippen LogP contribution in [0.1, 0.15) is 35.9 Å². The number of aromatic nitrogens is 2. The molecule has 0 radical (unpaired) electrons. The second kappa shape index (κ2) is 9.60. The molecule has 0 fully saturated rings. The molecule has 0 saturated carbocycles. The number of esters is 1. The molecule has 154 valence electrons. The molecule has 3 rings (SSSR count). The van der Waals surface area contributed by atoms with E-state index in [-0.39, 0.29) is 17.8 Å². The molecule has 1 amide bonds. The summed E-state index contributed by atoms with van der Waals surface area (Å²) >= 11 is 0. The first-order valence-corrected chi connectivity index (χ1v) is 9.47. The Hall–Kier alpha value is -3.81. The maximum absolute atomic E-state index is 12.0. The van der Waals surface area contributed by atoms with Crippen LogP contribution in [0.15, 0.2) is 53.3 Å². The number of fused-ring (bicyclic) bond motifs is 1. The number of nitrogens with one attached hydrogen (secondary N) is 2. The average molecular weight is 407 g/mol. The zero-order valence-electron chi connectivity index (χ0n) is 16.4. The van der Waals surface area contributed by atoms with Gasteiger partial charge in [0.05, 0.1) is 10.9 Å². The van der Waals surface area contributed by atoms with E-state index >= 15 is 0 Å². The quantitative estimate of drug-likeness (QED) is 0.438. The summed E-state index contributed by atoms with van der Waals surface area (Å²) in [6.45, 7) is 1.01. The Bertz CT molecular complexity index is 1150. The Morgan fingerprint density at radius 1 is 1.10 bits per heavy atom. The van der Waals surface area contributed by atoms with E-state index in [1.54, 1.807) is 48.5 Å². The van der Waals surface area contributed by atoms with Gasteiger partial charge < -0.3 is 15.0 Å². The zero-order valence-corrected chi connectivity index (χ0v) is 16.4. The van der Waals surface area contributed by atoms with Crippen LogP contribution in [-0.4, -0.2) is 34.2 Å². The van der Waals surface area contributed by atoms with Gasteiger partial charge in [0.1, 0.15) is 5.82 Å². The monoisotopic (exact) mass is 407 g/mol. The second-order valence-corrected chi connectivity index (χ2v) is 6.73. The number of H-pyrrole nitrogens is 1. The van der Waals surface area contributed by atoms with Crippen LogP contribution in [0.2, 0.25) is 0 Å².